The van der Waals surface area contributed by atoms with Gasteiger partial charge in [-0.1, -0.05) is 24.3 Å². The highest BCUT2D eigenvalue weighted by Gasteiger charge is 2.39. The zero-order chi connectivity index (χ0) is 14.0. The van der Waals surface area contributed by atoms with Crippen molar-refractivity contribution in [1.82, 2.24) is 10.6 Å². The third-order valence-electron chi connectivity index (χ3n) is 4.91. The van der Waals surface area contributed by atoms with Crippen LogP contribution in [0.4, 0.5) is 0 Å². The Morgan fingerprint density at radius 2 is 2.00 bits per heavy atom. The molecule has 0 spiro atoms. The summed E-state index contributed by atoms with van der Waals surface area (Å²) < 4.78 is 0. The molecule has 4 heteroatoms. The van der Waals surface area contributed by atoms with Crippen molar-refractivity contribution in [3.63, 3.8) is 0 Å². The minimum Gasteiger partial charge on any atom is -0.353 e. The maximum Gasteiger partial charge on any atom is 0.230 e. The summed E-state index contributed by atoms with van der Waals surface area (Å²) in [6.45, 7) is 4.14. The molecule has 2 aliphatic rings. The number of amides is 1. The van der Waals surface area contributed by atoms with E-state index in [-0.39, 0.29) is 23.7 Å². The first-order chi connectivity index (χ1) is 9.70. The molecule has 0 radical (unpaired) electrons. The number of carbonyl (C=O) groups is 1. The molecule has 1 heterocycles. The van der Waals surface area contributed by atoms with Gasteiger partial charge in [-0.05, 0) is 63.2 Å². The Balaban J connectivity index is 0.00000161. The predicted octanol–water partition coefficient (Wildman–Crippen LogP) is 2.57. The first-order valence-electron chi connectivity index (χ1n) is 7.80. The van der Waals surface area contributed by atoms with Crippen LogP contribution in [-0.2, 0) is 16.6 Å². The summed E-state index contributed by atoms with van der Waals surface area (Å²) in [7, 11) is 0. The van der Waals surface area contributed by atoms with Gasteiger partial charge in [0.05, 0.1) is 5.41 Å². The predicted molar refractivity (Wildman–Crippen MR) is 88.0 cm³/mol. The Morgan fingerprint density at radius 3 is 2.76 bits per heavy atom. The van der Waals surface area contributed by atoms with Crippen molar-refractivity contribution < 1.29 is 4.79 Å². The lowest BCUT2D eigenvalue weighted by molar-refractivity contribution is -0.127. The van der Waals surface area contributed by atoms with Gasteiger partial charge in [0.15, 0.2) is 0 Å². The van der Waals surface area contributed by atoms with Gasteiger partial charge >= 0.3 is 0 Å². The summed E-state index contributed by atoms with van der Waals surface area (Å²) in [6.07, 6.45) is 5.26. The van der Waals surface area contributed by atoms with E-state index in [2.05, 4.69) is 41.8 Å². The molecule has 1 aromatic carbocycles. The van der Waals surface area contributed by atoms with Crippen molar-refractivity contribution in [3.8, 4) is 0 Å². The van der Waals surface area contributed by atoms with Gasteiger partial charge in [0, 0.05) is 6.04 Å². The normalized spacial score (nSPS) is 25.6. The van der Waals surface area contributed by atoms with E-state index in [1.165, 1.54) is 11.1 Å². The van der Waals surface area contributed by atoms with E-state index in [9.17, 15) is 4.79 Å². The molecule has 2 N–H and O–H groups in total. The van der Waals surface area contributed by atoms with Gasteiger partial charge in [0.25, 0.3) is 0 Å². The Kier molecular flexibility index (Phi) is 5.28. The third-order valence-corrected chi connectivity index (χ3v) is 4.91. The molecule has 1 aromatic rings. The molecule has 1 atom stereocenters. The van der Waals surface area contributed by atoms with Crippen molar-refractivity contribution in [2.45, 2.75) is 50.5 Å². The van der Waals surface area contributed by atoms with Crippen molar-refractivity contribution in [2.75, 3.05) is 13.1 Å². The van der Waals surface area contributed by atoms with Gasteiger partial charge in [0.1, 0.15) is 0 Å². The highest BCUT2D eigenvalue weighted by atomic mass is 35.5. The van der Waals surface area contributed by atoms with Crippen molar-refractivity contribution in [1.29, 1.82) is 0 Å². The molecule has 1 fully saturated rings. The zero-order valence-electron chi connectivity index (χ0n) is 12.7. The molecule has 3 rings (SSSR count). The van der Waals surface area contributed by atoms with Gasteiger partial charge in [0.2, 0.25) is 5.91 Å². The summed E-state index contributed by atoms with van der Waals surface area (Å²) in [5, 5.41) is 6.63. The summed E-state index contributed by atoms with van der Waals surface area (Å²) in [5.41, 5.74) is 2.24. The molecule has 1 saturated heterocycles. The second-order valence-corrected chi connectivity index (χ2v) is 6.34. The quantitative estimate of drug-likeness (QED) is 0.881. The van der Waals surface area contributed by atoms with E-state index in [0.29, 0.717) is 6.04 Å². The lowest BCUT2D eigenvalue weighted by Crippen LogP contribution is -2.50. The van der Waals surface area contributed by atoms with Crippen LogP contribution in [-0.4, -0.2) is 25.0 Å². The molecule has 0 bridgehead atoms. The topological polar surface area (TPSA) is 41.1 Å². The van der Waals surface area contributed by atoms with E-state index in [4.69, 9.17) is 0 Å². The monoisotopic (exact) mass is 308 g/mol. The number of fused-ring (bicyclic) bond motifs is 1. The van der Waals surface area contributed by atoms with Crippen LogP contribution < -0.4 is 10.6 Å². The van der Waals surface area contributed by atoms with Crippen LogP contribution in [0.3, 0.4) is 0 Å². The molecule has 0 aromatic heterocycles. The number of hydrogen-bond acceptors (Lipinski definition) is 2. The third kappa shape index (κ3) is 3.24. The number of piperidine rings is 1. The van der Waals surface area contributed by atoms with Gasteiger partial charge in [-0.25, -0.2) is 0 Å². The average Bonchev–Trinajstić information content (AvgIpc) is 2.49. The van der Waals surface area contributed by atoms with E-state index >= 15 is 0 Å². The van der Waals surface area contributed by atoms with E-state index < -0.39 is 0 Å². The van der Waals surface area contributed by atoms with Crippen LogP contribution in [0.25, 0.3) is 0 Å². The summed E-state index contributed by atoms with van der Waals surface area (Å²) in [5.74, 6) is 0.219. The standard InChI is InChI=1S/C17H24N2O.ClH/c1-17(16(20)19-14-8-11-18-12-9-14)10-4-6-13-5-2-3-7-15(13)17;/h2-3,5,7,14,18H,4,6,8-12H2,1H3,(H,19,20);1H. The van der Waals surface area contributed by atoms with Gasteiger partial charge in [-0.2, -0.15) is 0 Å². The Hall–Kier alpha value is -1.06. The zero-order valence-corrected chi connectivity index (χ0v) is 13.5. The molecule has 1 aliphatic carbocycles. The highest BCUT2D eigenvalue weighted by Crippen LogP contribution is 2.37. The minimum atomic E-state index is -0.348. The van der Waals surface area contributed by atoms with Crippen molar-refractivity contribution >= 4 is 18.3 Å². The minimum absolute atomic E-state index is 0. The smallest absolute Gasteiger partial charge is 0.230 e. The fourth-order valence-electron chi connectivity index (χ4n) is 3.59. The van der Waals surface area contributed by atoms with Crippen LogP contribution >= 0.6 is 12.4 Å². The van der Waals surface area contributed by atoms with Crippen LogP contribution in [0.1, 0.15) is 43.7 Å². The number of nitrogens with one attached hydrogen (secondary N) is 2. The fourth-order valence-corrected chi connectivity index (χ4v) is 3.59. The van der Waals surface area contributed by atoms with E-state index in [1.807, 2.05) is 0 Å². The molecule has 1 aliphatic heterocycles. The molecule has 1 amide bonds. The Bertz CT molecular complexity index is 499. The SMILES string of the molecule is CC1(C(=O)NC2CCNCC2)CCCc2ccccc21.Cl. The maximum absolute atomic E-state index is 12.8. The van der Waals surface area contributed by atoms with Crippen LogP contribution in [0, 0.1) is 0 Å². The molecule has 0 saturated carbocycles. The maximum atomic E-state index is 12.8. The summed E-state index contributed by atoms with van der Waals surface area (Å²) >= 11 is 0. The van der Waals surface area contributed by atoms with Crippen molar-refractivity contribution in [2.24, 2.45) is 0 Å². The molecule has 21 heavy (non-hydrogen) atoms. The summed E-state index contributed by atoms with van der Waals surface area (Å²) in [6, 6.07) is 8.78. The second kappa shape index (κ2) is 6.80. The average molecular weight is 309 g/mol. The number of benzene rings is 1. The van der Waals surface area contributed by atoms with Crippen LogP contribution in [0.5, 0.6) is 0 Å². The highest BCUT2D eigenvalue weighted by molar-refractivity contribution is 5.88. The lowest BCUT2D eigenvalue weighted by Gasteiger charge is -2.36. The first kappa shape index (κ1) is 16.3. The van der Waals surface area contributed by atoms with Crippen molar-refractivity contribution in [3.05, 3.63) is 35.4 Å². The Labute approximate surface area is 133 Å². The van der Waals surface area contributed by atoms with E-state index in [1.54, 1.807) is 0 Å². The molecule has 3 nitrogen and oxygen atoms in total. The van der Waals surface area contributed by atoms with Gasteiger partial charge in [-0.15, -0.1) is 12.4 Å². The largest absolute Gasteiger partial charge is 0.353 e. The van der Waals surface area contributed by atoms with Crippen LogP contribution in [0.15, 0.2) is 24.3 Å². The van der Waals surface area contributed by atoms with Gasteiger partial charge in [-0.3, -0.25) is 4.79 Å². The number of halogens is 1. The number of aryl methyl sites for hydroxylation is 1. The Morgan fingerprint density at radius 1 is 1.29 bits per heavy atom. The van der Waals surface area contributed by atoms with Crippen LogP contribution in [0.2, 0.25) is 0 Å². The molecular formula is C17H25ClN2O. The number of hydrogen-bond donors (Lipinski definition) is 2. The van der Waals surface area contributed by atoms with E-state index in [0.717, 1.165) is 45.2 Å². The lowest BCUT2D eigenvalue weighted by atomic mass is 9.70. The number of rotatable bonds is 2. The fraction of sp³-hybridized carbons (Fsp3) is 0.588. The van der Waals surface area contributed by atoms with Gasteiger partial charge < -0.3 is 10.6 Å². The second-order valence-electron chi connectivity index (χ2n) is 6.34. The molecule has 116 valence electrons. The molecule has 1 unspecified atom stereocenters. The molecular weight excluding hydrogens is 284 g/mol. The first-order valence-corrected chi connectivity index (χ1v) is 7.80. The summed E-state index contributed by atoms with van der Waals surface area (Å²) in [4.78, 5) is 12.8. The number of carbonyl (C=O) groups excluding carboxylic acids is 1.